The molecule has 1 fully saturated rings. The number of pyridine rings is 1. The summed E-state index contributed by atoms with van der Waals surface area (Å²) in [7, 11) is -3.65. The van der Waals surface area contributed by atoms with Gasteiger partial charge in [0.15, 0.2) is 5.76 Å². The molecule has 0 amide bonds. The molecule has 8 nitrogen and oxygen atoms in total. The smallest absolute Gasteiger partial charge is 0.248 e. The van der Waals surface area contributed by atoms with Crippen LogP contribution in [0.1, 0.15) is 17.0 Å². The van der Waals surface area contributed by atoms with Gasteiger partial charge in [-0.3, -0.25) is 0 Å². The molecule has 1 aliphatic heterocycles. The third-order valence-corrected chi connectivity index (χ3v) is 5.63. The lowest BCUT2D eigenvalue weighted by atomic mass is 10.2. The Hall–Kier alpha value is -2.44. The molecule has 2 aromatic rings. The van der Waals surface area contributed by atoms with Crippen LogP contribution < -0.4 is 4.74 Å². The Labute approximate surface area is 133 Å². The largest absolute Gasteiger partial charge is 0.471 e. The van der Waals surface area contributed by atoms with E-state index < -0.39 is 10.0 Å². The number of aromatic nitrogens is 2. The van der Waals surface area contributed by atoms with Crippen molar-refractivity contribution in [3.05, 3.63) is 35.3 Å². The first kappa shape index (κ1) is 15.5. The molecule has 0 N–H and O–H groups in total. The van der Waals surface area contributed by atoms with Crippen LogP contribution in [-0.4, -0.2) is 42.1 Å². The topological polar surface area (TPSA) is 109 Å². The van der Waals surface area contributed by atoms with E-state index in [2.05, 4.69) is 10.1 Å². The average molecular weight is 334 g/mol. The highest BCUT2D eigenvalue weighted by molar-refractivity contribution is 7.89. The Bertz CT molecular complexity index is 859. The maximum atomic E-state index is 12.5. The molecule has 0 aliphatic carbocycles. The van der Waals surface area contributed by atoms with Crippen LogP contribution in [0, 0.1) is 25.2 Å². The fourth-order valence-corrected chi connectivity index (χ4v) is 4.17. The molecule has 0 saturated carbocycles. The fraction of sp³-hybridized carbons (Fsp3) is 0.357. The van der Waals surface area contributed by atoms with Crippen molar-refractivity contribution in [3.8, 4) is 11.9 Å². The van der Waals surface area contributed by atoms with Crippen LogP contribution in [0.3, 0.4) is 0 Å². The van der Waals surface area contributed by atoms with Gasteiger partial charge in [-0.15, -0.1) is 0 Å². The van der Waals surface area contributed by atoms with Gasteiger partial charge in [0.25, 0.3) is 0 Å². The number of nitrogens with zero attached hydrogens (tertiary/aromatic N) is 4. The zero-order chi connectivity index (χ0) is 16.6. The van der Waals surface area contributed by atoms with Crippen molar-refractivity contribution >= 4 is 10.0 Å². The van der Waals surface area contributed by atoms with Gasteiger partial charge in [-0.25, -0.2) is 13.4 Å². The van der Waals surface area contributed by atoms with E-state index in [9.17, 15) is 8.42 Å². The van der Waals surface area contributed by atoms with E-state index in [0.29, 0.717) is 11.3 Å². The van der Waals surface area contributed by atoms with E-state index in [0.717, 1.165) is 0 Å². The van der Waals surface area contributed by atoms with Gasteiger partial charge >= 0.3 is 0 Å². The standard InChI is InChI=1S/C14H14N4O4S/c1-9-13(10(2)22-17-9)23(19,20)18-7-12(8-18)21-14-11(6-15)4-3-5-16-14/h3-5,12H,7-8H2,1-2H3. The predicted molar refractivity (Wildman–Crippen MR) is 78.1 cm³/mol. The van der Waals surface area contributed by atoms with Gasteiger partial charge < -0.3 is 9.26 Å². The third-order valence-electron chi connectivity index (χ3n) is 3.55. The van der Waals surface area contributed by atoms with Crippen molar-refractivity contribution in [2.75, 3.05) is 13.1 Å². The molecule has 0 spiro atoms. The molecule has 120 valence electrons. The van der Waals surface area contributed by atoms with E-state index in [1.807, 2.05) is 6.07 Å². The van der Waals surface area contributed by atoms with E-state index in [4.69, 9.17) is 14.5 Å². The van der Waals surface area contributed by atoms with Crippen molar-refractivity contribution in [2.24, 2.45) is 0 Å². The second-order valence-corrected chi connectivity index (χ2v) is 7.06. The molecular weight excluding hydrogens is 320 g/mol. The molecule has 0 radical (unpaired) electrons. The van der Waals surface area contributed by atoms with Crippen molar-refractivity contribution in [3.63, 3.8) is 0 Å². The lowest BCUT2D eigenvalue weighted by Gasteiger charge is -2.37. The summed E-state index contributed by atoms with van der Waals surface area (Å²) in [6, 6.07) is 5.22. The van der Waals surface area contributed by atoms with E-state index >= 15 is 0 Å². The minimum atomic E-state index is -3.65. The molecule has 0 atom stereocenters. The van der Waals surface area contributed by atoms with Crippen LogP contribution >= 0.6 is 0 Å². The summed E-state index contributed by atoms with van der Waals surface area (Å²) in [6.07, 6.45) is 1.18. The molecule has 3 rings (SSSR count). The van der Waals surface area contributed by atoms with Gasteiger partial charge in [0.05, 0.1) is 13.1 Å². The Morgan fingerprint density at radius 1 is 1.43 bits per heavy atom. The monoisotopic (exact) mass is 334 g/mol. The Morgan fingerprint density at radius 3 is 2.78 bits per heavy atom. The van der Waals surface area contributed by atoms with Gasteiger partial charge in [-0.2, -0.15) is 9.57 Å². The zero-order valence-corrected chi connectivity index (χ0v) is 13.4. The van der Waals surface area contributed by atoms with Crippen LogP contribution in [0.2, 0.25) is 0 Å². The molecule has 9 heteroatoms. The first-order valence-electron chi connectivity index (χ1n) is 6.88. The molecule has 2 aromatic heterocycles. The van der Waals surface area contributed by atoms with Gasteiger partial charge in [0, 0.05) is 6.20 Å². The van der Waals surface area contributed by atoms with Gasteiger partial charge in [-0.05, 0) is 26.0 Å². The molecule has 0 bridgehead atoms. The molecule has 3 heterocycles. The highest BCUT2D eigenvalue weighted by Crippen LogP contribution is 2.28. The van der Waals surface area contributed by atoms with Crippen LogP contribution in [0.4, 0.5) is 0 Å². The summed E-state index contributed by atoms with van der Waals surface area (Å²) in [5.41, 5.74) is 0.655. The van der Waals surface area contributed by atoms with E-state index in [1.165, 1.54) is 10.5 Å². The first-order valence-corrected chi connectivity index (χ1v) is 8.32. The number of hydrogen-bond donors (Lipinski definition) is 0. The van der Waals surface area contributed by atoms with Crippen molar-refractivity contribution in [1.29, 1.82) is 5.26 Å². The highest BCUT2D eigenvalue weighted by atomic mass is 32.2. The number of rotatable bonds is 4. The quantitative estimate of drug-likeness (QED) is 0.820. The SMILES string of the molecule is Cc1noc(C)c1S(=O)(=O)N1CC(Oc2ncccc2C#N)C1. The molecule has 1 saturated heterocycles. The second kappa shape index (κ2) is 5.64. The number of ether oxygens (including phenoxy) is 1. The van der Waals surface area contributed by atoms with Gasteiger partial charge in [-0.1, -0.05) is 5.16 Å². The lowest BCUT2D eigenvalue weighted by Crippen LogP contribution is -2.56. The Balaban J connectivity index is 1.71. The van der Waals surface area contributed by atoms with E-state index in [-0.39, 0.29) is 35.7 Å². The maximum absolute atomic E-state index is 12.5. The van der Waals surface area contributed by atoms with Crippen molar-refractivity contribution in [2.45, 2.75) is 24.8 Å². The van der Waals surface area contributed by atoms with Gasteiger partial charge in [0.1, 0.15) is 28.3 Å². The van der Waals surface area contributed by atoms with E-state index in [1.54, 1.807) is 26.0 Å². The third kappa shape index (κ3) is 2.67. The fourth-order valence-electron chi connectivity index (χ4n) is 2.37. The minimum absolute atomic E-state index is 0.103. The zero-order valence-electron chi connectivity index (χ0n) is 12.6. The molecular formula is C14H14N4O4S. The highest BCUT2D eigenvalue weighted by Gasteiger charge is 2.41. The second-order valence-electron chi connectivity index (χ2n) is 5.18. The first-order chi connectivity index (χ1) is 10.9. The van der Waals surface area contributed by atoms with Crippen LogP contribution in [0.15, 0.2) is 27.7 Å². The molecule has 0 aromatic carbocycles. The van der Waals surface area contributed by atoms with Gasteiger partial charge in [0.2, 0.25) is 15.9 Å². The summed E-state index contributed by atoms with van der Waals surface area (Å²) in [5.74, 6) is 0.484. The lowest BCUT2D eigenvalue weighted by molar-refractivity contribution is 0.0717. The van der Waals surface area contributed by atoms with Crippen molar-refractivity contribution in [1.82, 2.24) is 14.4 Å². The van der Waals surface area contributed by atoms with Crippen LogP contribution in [-0.2, 0) is 10.0 Å². The average Bonchev–Trinajstić information content (AvgIpc) is 2.82. The summed E-state index contributed by atoms with van der Waals surface area (Å²) in [6.45, 7) is 3.53. The van der Waals surface area contributed by atoms with Crippen LogP contribution in [0.25, 0.3) is 0 Å². The number of aryl methyl sites for hydroxylation is 2. The maximum Gasteiger partial charge on any atom is 0.248 e. The number of hydrogen-bond acceptors (Lipinski definition) is 7. The molecule has 1 aliphatic rings. The van der Waals surface area contributed by atoms with Crippen molar-refractivity contribution < 1.29 is 17.7 Å². The number of nitriles is 1. The Kier molecular flexibility index (Phi) is 3.79. The van der Waals surface area contributed by atoms with Crippen LogP contribution in [0.5, 0.6) is 5.88 Å². The predicted octanol–water partition coefficient (Wildman–Crippen LogP) is 1.01. The summed E-state index contributed by atoms with van der Waals surface area (Å²) < 4.78 is 36.9. The molecule has 23 heavy (non-hydrogen) atoms. The molecule has 0 unspecified atom stereocenters. The normalized spacial score (nSPS) is 15.9. The Morgan fingerprint density at radius 2 is 2.17 bits per heavy atom. The summed E-state index contributed by atoms with van der Waals surface area (Å²) in [5, 5.41) is 12.7. The summed E-state index contributed by atoms with van der Waals surface area (Å²) >= 11 is 0. The summed E-state index contributed by atoms with van der Waals surface area (Å²) in [4.78, 5) is 4.10. The number of sulfonamides is 1. The minimum Gasteiger partial charge on any atom is -0.471 e.